The molecule has 1 aromatic rings. The summed E-state index contributed by atoms with van der Waals surface area (Å²) in [5.74, 6) is 0.873. The smallest absolute Gasteiger partial charge is 0.227 e. The van der Waals surface area contributed by atoms with E-state index in [1.807, 2.05) is 26.0 Å². The van der Waals surface area contributed by atoms with Crippen LogP contribution in [0, 0.1) is 19.8 Å². The summed E-state index contributed by atoms with van der Waals surface area (Å²) in [5, 5.41) is 0. The number of piperidine rings is 1. The number of rotatable bonds is 7. The predicted molar refractivity (Wildman–Crippen MR) is 98.5 cm³/mol. The Morgan fingerprint density at radius 2 is 2.04 bits per heavy atom. The second-order valence-electron chi connectivity index (χ2n) is 6.75. The van der Waals surface area contributed by atoms with Crippen LogP contribution in [0.15, 0.2) is 30.9 Å². The van der Waals surface area contributed by atoms with Crippen molar-refractivity contribution in [1.29, 1.82) is 0 Å². The summed E-state index contributed by atoms with van der Waals surface area (Å²) in [6.45, 7) is 9.70. The number of aryl methyl sites for hydroxylation is 2. The minimum atomic E-state index is -0.135. The van der Waals surface area contributed by atoms with E-state index in [1.165, 1.54) is 0 Å². The molecular formula is C20H28N2O3. The van der Waals surface area contributed by atoms with E-state index in [0.29, 0.717) is 39.1 Å². The molecule has 2 rings (SSSR count). The molecule has 5 nitrogen and oxygen atoms in total. The molecule has 2 amide bonds. The zero-order valence-electron chi connectivity index (χ0n) is 15.5. The highest BCUT2D eigenvalue weighted by molar-refractivity contribution is 5.83. The van der Waals surface area contributed by atoms with Gasteiger partial charge in [-0.15, -0.1) is 6.58 Å². The van der Waals surface area contributed by atoms with E-state index in [1.54, 1.807) is 22.9 Å². The maximum Gasteiger partial charge on any atom is 0.227 e. The molecule has 1 aliphatic rings. The third-order valence-electron chi connectivity index (χ3n) is 4.47. The standard InChI is InChI=1S/C20H28N2O3/c1-5-8-22-14-17(6-7-19(22)23)20(24)21(4)9-10-25-18-12-15(2)11-16(3)13-18/h5,11-13,17H,1,6-10,14H2,2-4H3. The molecule has 0 spiro atoms. The number of hydrogen-bond donors (Lipinski definition) is 0. The zero-order chi connectivity index (χ0) is 18.4. The summed E-state index contributed by atoms with van der Waals surface area (Å²) in [6, 6.07) is 6.09. The number of benzene rings is 1. The number of likely N-dealkylation sites (tertiary alicyclic amines) is 1. The molecule has 0 radical (unpaired) electrons. The third kappa shape index (κ3) is 5.34. The molecule has 0 N–H and O–H groups in total. The number of carbonyl (C=O) groups is 2. The zero-order valence-corrected chi connectivity index (χ0v) is 15.5. The van der Waals surface area contributed by atoms with Crippen LogP contribution in [-0.4, -0.2) is 54.9 Å². The van der Waals surface area contributed by atoms with Gasteiger partial charge in [0.05, 0.1) is 12.5 Å². The average Bonchev–Trinajstić information content (AvgIpc) is 2.55. The highest BCUT2D eigenvalue weighted by Gasteiger charge is 2.31. The Kier molecular flexibility index (Phi) is 6.62. The van der Waals surface area contributed by atoms with Crippen LogP contribution in [0.4, 0.5) is 0 Å². The molecule has 25 heavy (non-hydrogen) atoms. The van der Waals surface area contributed by atoms with Gasteiger partial charge in [-0.3, -0.25) is 9.59 Å². The summed E-state index contributed by atoms with van der Waals surface area (Å²) >= 11 is 0. The Morgan fingerprint density at radius 1 is 1.36 bits per heavy atom. The number of carbonyl (C=O) groups excluding carboxylic acids is 2. The predicted octanol–water partition coefficient (Wildman–Crippen LogP) is 2.57. The van der Waals surface area contributed by atoms with Crippen molar-refractivity contribution < 1.29 is 14.3 Å². The number of nitrogens with zero attached hydrogens (tertiary/aromatic N) is 2. The van der Waals surface area contributed by atoms with Crippen molar-refractivity contribution in [2.45, 2.75) is 26.7 Å². The van der Waals surface area contributed by atoms with E-state index in [-0.39, 0.29) is 17.7 Å². The van der Waals surface area contributed by atoms with Gasteiger partial charge in [0.2, 0.25) is 11.8 Å². The van der Waals surface area contributed by atoms with Crippen LogP contribution in [-0.2, 0) is 9.59 Å². The molecule has 1 fully saturated rings. The van der Waals surface area contributed by atoms with Crippen LogP contribution in [0.5, 0.6) is 5.75 Å². The lowest BCUT2D eigenvalue weighted by atomic mass is 9.96. The molecule has 1 heterocycles. The Bertz CT molecular complexity index is 622. The van der Waals surface area contributed by atoms with E-state index in [9.17, 15) is 9.59 Å². The quantitative estimate of drug-likeness (QED) is 0.714. The largest absolute Gasteiger partial charge is 0.492 e. The Morgan fingerprint density at radius 3 is 2.68 bits per heavy atom. The van der Waals surface area contributed by atoms with Crippen LogP contribution >= 0.6 is 0 Å². The highest BCUT2D eigenvalue weighted by Crippen LogP contribution is 2.20. The van der Waals surface area contributed by atoms with Gasteiger partial charge in [-0.1, -0.05) is 12.1 Å². The van der Waals surface area contributed by atoms with Gasteiger partial charge in [-0.25, -0.2) is 0 Å². The molecule has 1 unspecified atom stereocenters. The Balaban J connectivity index is 1.83. The van der Waals surface area contributed by atoms with Gasteiger partial charge < -0.3 is 14.5 Å². The van der Waals surface area contributed by atoms with Gasteiger partial charge in [0.15, 0.2) is 0 Å². The lowest BCUT2D eigenvalue weighted by Gasteiger charge is -2.33. The normalized spacial score (nSPS) is 17.3. The molecule has 1 aromatic carbocycles. The number of hydrogen-bond acceptors (Lipinski definition) is 3. The Hall–Kier alpha value is -2.30. The van der Waals surface area contributed by atoms with E-state index in [4.69, 9.17) is 4.74 Å². The Labute approximate surface area is 150 Å². The highest BCUT2D eigenvalue weighted by atomic mass is 16.5. The summed E-state index contributed by atoms with van der Waals surface area (Å²) in [7, 11) is 1.79. The third-order valence-corrected chi connectivity index (χ3v) is 4.47. The molecule has 0 aromatic heterocycles. The van der Waals surface area contributed by atoms with Gasteiger partial charge in [0.25, 0.3) is 0 Å². The summed E-state index contributed by atoms with van der Waals surface area (Å²) in [4.78, 5) is 27.9. The van der Waals surface area contributed by atoms with Crippen molar-refractivity contribution in [3.05, 3.63) is 42.0 Å². The lowest BCUT2D eigenvalue weighted by molar-refractivity contribution is -0.142. The van der Waals surface area contributed by atoms with Crippen LogP contribution < -0.4 is 4.74 Å². The number of ether oxygens (including phenoxy) is 1. The molecular weight excluding hydrogens is 316 g/mol. The second kappa shape index (κ2) is 8.70. The molecule has 0 aliphatic carbocycles. The second-order valence-corrected chi connectivity index (χ2v) is 6.75. The van der Waals surface area contributed by atoms with Crippen molar-refractivity contribution in [3.8, 4) is 5.75 Å². The molecule has 136 valence electrons. The fourth-order valence-corrected chi connectivity index (χ4v) is 3.19. The van der Waals surface area contributed by atoms with Crippen molar-refractivity contribution >= 4 is 11.8 Å². The van der Waals surface area contributed by atoms with Crippen LogP contribution in [0.3, 0.4) is 0 Å². The topological polar surface area (TPSA) is 49.9 Å². The van der Waals surface area contributed by atoms with E-state index >= 15 is 0 Å². The first-order valence-corrected chi connectivity index (χ1v) is 8.75. The maximum atomic E-state index is 12.6. The lowest BCUT2D eigenvalue weighted by Crippen LogP contribution is -2.46. The molecule has 1 atom stereocenters. The van der Waals surface area contributed by atoms with E-state index in [2.05, 4.69) is 12.6 Å². The van der Waals surface area contributed by atoms with Crippen LogP contribution in [0.2, 0.25) is 0 Å². The molecule has 0 saturated carbocycles. The van der Waals surface area contributed by atoms with Gasteiger partial charge in [0, 0.05) is 26.6 Å². The van der Waals surface area contributed by atoms with Gasteiger partial charge in [0.1, 0.15) is 12.4 Å². The summed E-state index contributed by atoms with van der Waals surface area (Å²) in [5.41, 5.74) is 2.32. The minimum Gasteiger partial charge on any atom is -0.492 e. The van der Waals surface area contributed by atoms with Crippen LogP contribution in [0.1, 0.15) is 24.0 Å². The van der Waals surface area contributed by atoms with E-state index in [0.717, 1.165) is 16.9 Å². The molecule has 1 saturated heterocycles. The first-order chi connectivity index (χ1) is 11.9. The van der Waals surface area contributed by atoms with Crippen molar-refractivity contribution in [3.63, 3.8) is 0 Å². The SMILES string of the molecule is C=CCN1CC(C(=O)N(C)CCOc2cc(C)cc(C)c2)CCC1=O. The fraction of sp³-hybridized carbons (Fsp3) is 0.500. The maximum absolute atomic E-state index is 12.6. The molecule has 1 aliphatic heterocycles. The van der Waals surface area contributed by atoms with E-state index < -0.39 is 0 Å². The molecule has 5 heteroatoms. The van der Waals surface area contributed by atoms with Crippen molar-refractivity contribution in [1.82, 2.24) is 9.80 Å². The average molecular weight is 344 g/mol. The molecule has 0 bridgehead atoms. The van der Waals surface area contributed by atoms with Crippen molar-refractivity contribution in [2.75, 3.05) is 33.3 Å². The monoisotopic (exact) mass is 344 g/mol. The first-order valence-electron chi connectivity index (χ1n) is 8.75. The van der Waals surface area contributed by atoms with Crippen molar-refractivity contribution in [2.24, 2.45) is 5.92 Å². The van der Waals surface area contributed by atoms with Gasteiger partial charge in [-0.2, -0.15) is 0 Å². The fourth-order valence-electron chi connectivity index (χ4n) is 3.19. The first kappa shape index (κ1) is 19.0. The van der Waals surface area contributed by atoms with Gasteiger partial charge >= 0.3 is 0 Å². The minimum absolute atomic E-state index is 0.0746. The van der Waals surface area contributed by atoms with Gasteiger partial charge in [-0.05, 0) is 43.5 Å². The number of amides is 2. The number of likely N-dealkylation sites (N-methyl/N-ethyl adjacent to an activating group) is 1. The van der Waals surface area contributed by atoms with Crippen LogP contribution in [0.25, 0.3) is 0 Å². The summed E-state index contributed by atoms with van der Waals surface area (Å²) in [6.07, 6.45) is 2.75. The summed E-state index contributed by atoms with van der Waals surface area (Å²) < 4.78 is 5.78.